The quantitative estimate of drug-likeness (QED) is 0.197. The summed E-state index contributed by atoms with van der Waals surface area (Å²) in [5.74, 6) is 2.74. The lowest BCUT2D eigenvalue weighted by atomic mass is 9.48. The first-order valence-electron chi connectivity index (χ1n) is 15.9. The average Bonchev–Trinajstić information content (AvgIpc) is 3.58. The van der Waals surface area contributed by atoms with Gasteiger partial charge in [0, 0.05) is 57.4 Å². The van der Waals surface area contributed by atoms with E-state index in [1.807, 2.05) is 22.7 Å². The van der Waals surface area contributed by atoms with Gasteiger partial charge in [-0.2, -0.15) is 0 Å². The van der Waals surface area contributed by atoms with E-state index in [1.165, 1.54) is 95.9 Å². The highest BCUT2D eigenvalue weighted by molar-refractivity contribution is 7.26. The minimum absolute atomic E-state index is 0.313. The van der Waals surface area contributed by atoms with Crippen LogP contribution >= 0.6 is 22.7 Å². The molecule has 2 heterocycles. The highest BCUT2D eigenvalue weighted by Crippen LogP contribution is 2.62. The first-order chi connectivity index (χ1) is 21.2. The van der Waals surface area contributed by atoms with E-state index < -0.39 is 0 Å². The van der Waals surface area contributed by atoms with Crippen molar-refractivity contribution >= 4 is 80.1 Å². The lowest BCUT2D eigenvalue weighted by molar-refractivity contribution is -0.00491. The van der Waals surface area contributed by atoms with Crippen LogP contribution in [0.3, 0.4) is 0 Å². The van der Waals surface area contributed by atoms with Crippen molar-refractivity contribution in [1.82, 2.24) is 0 Å². The fourth-order valence-corrected chi connectivity index (χ4v) is 12.0. The maximum absolute atomic E-state index is 2.60. The lowest BCUT2D eigenvalue weighted by Crippen LogP contribution is -2.48. The number of fused-ring (bicyclic) bond motifs is 6. The summed E-state index contributed by atoms with van der Waals surface area (Å²) in [6.07, 6.45) is 8.51. The first-order valence-corrected chi connectivity index (χ1v) is 17.6. The zero-order chi connectivity index (χ0) is 28.1. The second-order valence-corrected chi connectivity index (χ2v) is 15.8. The zero-order valence-corrected chi connectivity index (χ0v) is 25.8. The number of anilines is 3. The summed E-state index contributed by atoms with van der Waals surface area (Å²) in [6.45, 7) is 0. The monoisotopic (exact) mass is 591 g/mol. The number of hydrogen-bond donors (Lipinski definition) is 0. The Kier molecular flexibility index (Phi) is 5.28. The van der Waals surface area contributed by atoms with E-state index in [9.17, 15) is 0 Å². The summed E-state index contributed by atoms with van der Waals surface area (Å²) in [5, 5.41) is 5.44. The van der Waals surface area contributed by atoms with Crippen molar-refractivity contribution in [3.63, 3.8) is 0 Å². The summed E-state index contributed by atoms with van der Waals surface area (Å²) in [4.78, 5) is 2.60. The third-order valence-corrected chi connectivity index (χ3v) is 13.3. The Labute approximate surface area is 260 Å². The van der Waals surface area contributed by atoms with Crippen LogP contribution in [0.25, 0.3) is 40.3 Å². The molecule has 7 aromatic rings. The van der Waals surface area contributed by atoms with E-state index in [1.54, 1.807) is 5.56 Å². The summed E-state index contributed by atoms with van der Waals surface area (Å²) < 4.78 is 5.45. The fraction of sp³-hybridized carbons (Fsp3) is 0.250. The molecule has 210 valence electrons. The van der Waals surface area contributed by atoms with Crippen LogP contribution in [0.15, 0.2) is 109 Å². The number of nitrogens with zero attached hydrogens (tertiary/aromatic N) is 1. The Balaban J connectivity index is 1.20. The maximum Gasteiger partial charge on any atom is 0.0499 e. The van der Waals surface area contributed by atoms with Gasteiger partial charge in [-0.25, -0.2) is 0 Å². The largest absolute Gasteiger partial charge is 0.310 e. The van der Waals surface area contributed by atoms with E-state index in [2.05, 4.69) is 114 Å². The Morgan fingerprint density at radius 1 is 0.488 bits per heavy atom. The Bertz CT molecular complexity index is 2050. The molecule has 0 radical (unpaired) electrons. The highest BCUT2D eigenvalue weighted by Gasteiger charge is 2.52. The van der Waals surface area contributed by atoms with Gasteiger partial charge < -0.3 is 4.90 Å². The normalized spacial score (nSPS) is 24.5. The minimum Gasteiger partial charge on any atom is -0.310 e. The second kappa shape index (κ2) is 9.17. The predicted octanol–water partition coefficient (Wildman–Crippen LogP) is 12.4. The van der Waals surface area contributed by atoms with Crippen molar-refractivity contribution in [2.24, 2.45) is 17.8 Å². The smallest absolute Gasteiger partial charge is 0.0499 e. The molecular weight excluding hydrogens is 559 g/mol. The molecule has 0 amide bonds. The molecule has 11 rings (SSSR count). The molecule has 0 saturated heterocycles. The van der Waals surface area contributed by atoms with Crippen molar-refractivity contribution in [2.75, 3.05) is 4.90 Å². The molecule has 4 bridgehead atoms. The maximum atomic E-state index is 2.60. The zero-order valence-electron chi connectivity index (χ0n) is 24.1. The van der Waals surface area contributed by atoms with Crippen LogP contribution in [-0.4, -0.2) is 0 Å². The van der Waals surface area contributed by atoms with Gasteiger partial charge in [0.1, 0.15) is 0 Å². The van der Waals surface area contributed by atoms with Crippen LogP contribution in [-0.2, 0) is 5.41 Å². The van der Waals surface area contributed by atoms with Gasteiger partial charge in [0.15, 0.2) is 0 Å². The lowest BCUT2D eigenvalue weighted by Gasteiger charge is -2.57. The minimum atomic E-state index is 0.313. The number of thiophene rings is 2. The van der Waals surface area contributed by atoms with Crippen LogP contribution in [0.4, 0.5) is 17.1 Å². The van der Waals surface area contributed by atoms with Gasteiger partial charge in [0.2, 0.25) is 0 Å². The standard InChI is InChI=1S/C40H33NS2/c1-5-11-36-30(7-1)32-15-13-28(20-38(32)42-36)41(29-14-16-33-31-8-2-6-12-37(31)43-39(33)21-29)35-10-4-3-9-34(35)40-22-25-17-26(23-40)19-27(18-25)24-40/h1-16,20-21,25-27H,17-19,22-24H2. The molecule has 0 N–H and O–H groups in total. The summed E-state index contributed by atoms with van der Waals surface area (Å²) in [7, 11) is 0. The fourth-order valence-electron chi connectivity index (χ4n) is 9.69. The molecule has 0 atom stereocenters. The second-order valence-electron chi connectivity index (χ2n) is 13.6. The van der Waals surface area contributed by atoms with Crippen LogP contribution in [0.5, 0.6) is 0 Å². The van der Waals surface area contributed by atoms with Crippen molar-refractivity contribution < 1.29 is 0 Å². The van der Waals surface area contributed by atoms with E-state index in [4.69, 9.17) is 0 Å². The molecule has 43 heavy (non-hydrogen) atoms. The molecule has 2 aromatic heterocycles. The number of benzene rings is 5. The van der Waals surface area contributed by atoms with E-state index >= 15 is 0 Å². The number of para-hydroxylation sites is 1. The van der Waals surface area contributed by atoms with Crippen LogP contribution in [0.2, 0.25) is 0 Å². The van der Waals surface area contributed by atoms with Gasteiger partial charge in [0.25, 0.3) is 0 Å². The van der Waals surface area contributed by atoms with Gasteiger partial charge in [-0.3, -0.25) is 0 Å². The molecule has 4 fully saturated rings. The van der Waals surface area contributed by atoms with Gasteiger partial charge >= 0.3 is 0 Å². The van der Waals surface area contributed by atoms with Gasteiger partial charge in [-0.05, 0) is 110 Å². The van der Waals surface area contributed by atoms with Crippen molar-refractivity contribution in [2.45, 2.75) is 43.9 Å². The molecule has 0 spiro atoms. The Morgan fingerprint density at radius 3 is 1.51 bits per heavy atom. The van der Waals surface area contributed by atoms with Crippen molar-refractivity contribution in [3.8, 4) is 0 Å². The van der Waals surface area contributed by atoms with E-state index in [-0.39, 0.29) is 0 Å². The Hall–Kier alpha value is -3.66. The van der Waals surface area contributed by atoms with E-state index in [0.717, 1.165) is 17.8 Å². The topological polar surface area (TPSA) is 3.24 Å². The van der Waals surface area contributed by atoms with Gasteiger partial charge in [-0.1, -0.05) is 66.7 Å². The van der Waals surface area contributed by atoms with Crippen LogP contribution in [0, 0.1) is 17.8 Å². The summed E-state index contributed by atoms with van der Waals surface area (Å²) >= 11 is 3.83. The average molecular weight is 592 g/mol. The van der Waals surface area contributed by atoms with Gasteiger partial charge in [-0.15, -0.1) is 22.7 Å². The Morgan fingerprint density at radius 2 is 0.953 bits per heavy atom. The summed E-state index contributed by atoms with van der Waals surface area (Å²) in [6, 6.07) is 41.5. The predicted molar refractivity (Wildman–Crippen MR) is 187 cm³/mol. The van der Waals surface area contributed by atoms with Gasteiger partial charge in [0.05, 0.1) is 0 Å². The molecule has 4 saturated carbocycles. The molecular formula is C40H33NS2. The molecule has 4 aliphatic carbocycles. The molecule has 5 aromatic carbocycles. The third-order valence-electron chi connectivity index (χ3n) is 11.0. The van der Waals surface area contributed by atoms with Crippen LogP contribution < -0.4 is 4.90 Å². The highest BCUT2D eigenvalue weighted by atomic mass is 32.1. The molecule has 0 unspecified atom stereocenters. The molecule has 4 aliphatic rings. The first kappa shape index (κ1) is 24.7. The van der Waals surface area contributed by atoms with Crippen molar-refractivity contribution in [3.05, 3.63) is 115 Å². The van der Waals surface area contributed by atoms with Crippen LogP contribution in [0.1, 0.15) is 44.1 Å². The SMILES string of the molecule is c1ccc(C23CC4CC(CC(C4)C2)C3)c(N(c2ccc3c(c2)sc2ccccc23)c2ccc3c(c2)sc2ccccc23)c1. The molecule has 3 heteroatoms. The molecule has 0 aliphatic heterocycles. The number of rotatable bonds is 4. The number of hydrogen-bond acceptors (Lipinski definition) is 3. The van der Waals surface area contributed by atoms with E-state index in [0.29, 0.717) is 5.41 Å². The third kappa shape index (κ3) is 3.74. The van der Waals surface area contributed by atoms with Crippen molar-refractivity contribution in [1.29, 1.82) is 0 Å². The molecule has 1 nitrogen and oxygen atoms in total. The summed E-state index contributed by atoms with van der Waals surface area (Å²) in [5.41, 5.74) is 5.80.